The number of nitrogens with zero attached hydrogens (tertiary/aromatic N) is 4. The summed E-state index contributed by atoms with van der Waals surface area (Å²) in [6.07, 6.45) is 2.14. The molecule has 0 radical (unpaired) electrons. The van der Waals surface area contributed by atoms with E-state index in [1.165, 1.54) is 11.0 Å². The van der Waals surface area contributed by atoms with Crippen molar-refractivity contribution in [1.29, 1.82) is 0 Å². The maximum atomic E-state index is 12.3. The van der Waals surface area contributed by atoms with Crippen LogP contribution in [0.15, 0.2) is 24.5 Å². The zero-order valence-electron chi connectivity index (χ0n) is 12.4. The van der Waals surface area contributed by atoms with E-state index in [0.717, 1.165) is 0 Å². The van der Waals surface area contributed by atoms with Gasteiger partial charge in [0.25, 0.3) is 5.91 Å². The second-order valence-corrected chi connectivity index (χ2v) is 5.81. The fraction of sp³-hybridized carbons (Fsp3) is 0.429. The number of halogens is 1. The lowest BCUT2D eigenvalue weighted by Crippen LogP contribution is -2.38. The summed E-state index contributed by atoms with van der Waals surface area (Å²) < 4.78 is 1.45. The highest BCUT2D eigenvalue weighted by atomic mass is 35.5. The SMILES string of the molecule is CC(C)CC(CO)NC(=O)c1ccc(-n2cnnn2)cc1Cl. The number of tetrazole rings is 1. The molecular formula is C14H18ClN5O2. The van der Waals surface area contributed by atoms with Gasteiger partial charge in [0.1, 0.15) is 6.33 Å². The summed E-state index contributed by atoms with van der Waals surface area (Å²) in [6, 6.07) is 4.64. The summed E-state index contributed by atoms with van der Waals surface area (Å²) >= 11 is 6.17. The van der Waals surface area contributed by atoms with Crippen molar-refractivity contribution in [1.82, 2.24) is 25.5 Å². The van der Waals surface area contributed by atoms with Crippen LogP contribution in [0.2, 0.25) is 5.02 Å². The highest BCUT2D eigenvalue weighted by Gasteiger charge is 2.17. The van der Waals surface area contributed by atoms with E-state index in [0.29, 0.717) is 28.6 Å². The van der Waals surface area contributed by atoms with Crippen molar-refractivity contribution in [3.63, 3.8) is 0 Å². The standard InChI is InChI=1S/C14H18ClN5O2/c1-9(2)5-10(7-21)17-14(22)12-4-3-11(6-13(12)15)20-8-16-18-19-20/h3-4,6,8-10,21H,5,7H2,1-2H3,(H,17,22). The van der Waals surface area contributed by atoms with E-state index < -0.39 is 0 Å². The van der Waals surface area contributed by atoms with Crippen LogP contribution in [0.1, 0.15) is 30.6 Å². The number of rotatable bonds is 6. The van der Waals surface area contributed by atoms with Crippen LogP contribution in [0.25, 0.3) is 5.69 Å². The van der Waals surface area contributed by atoms with Gasteiger partial charge in [-0.05, 0) is 41.0 Å². The molecule has 1 heterocycles. The average molecular weight is 324 g/mol. The van der Waals surface area contributed by atoms with Gasteiger partial charge in [-0.2, -0.15) is 0 Å². The van der Waals surface area contributed by atoms with Crippen molar-refractivity contribution in [3.05, 3.63) is 35.1 Å². The normalized spacial score (nSPS) is 12.4. The van der Waals surface area contributed by atoms with E-state index in [4.69, 9.17) is 11.6 Å². The summed E-state index contributed by atoms with van der Waals surface area (Å²) in [6.45, 7) is 3.95. The van der Waals surface area contributed by atoms with Gasteiger partial charge in [-0.1, -0.05) is 25.4 Å². The molecule has 0 bridgehead atoms. The second kappa shape index (κ2) is 7.33. The maximum absolute atomic E-state index is 12.3. The zero-order valence-corrected chi connectivity index (χ0v) is 13.2. The predicted octanol–water partition coefficient (Wildman–Crippen LogP) is 1.45. The van der Waals surface area contributed by atoms with E-state index in [1.807, 2.05) is 13.8 Å². The Morgan fingerprint density at radius 1 is 1.45 bits per heavy atom. The molecule has 7 nitrogen and oxygen atoms in total. The van der Waals surface area contributed by atoms with Crippen molar-refractivity contribution < 1.29 is 9.90 Å². The number of carbonyl (C=O) groups excluding carboxylic acids is 1. The second-order valence-electron chi connectivity index (χ2n) is 5.40. The lowest BCUT2D eigenvalue weighted by Gasteiger charge is -2.18. The van der Waals surface area contributed by atoms with Crippen LogP contribution in [0, 0.1) is 5.92 Å². The number of hydrogen-bond acceptors (Lipinski definition) is 5. The fourth-order valence-corrected chi connectivity index (χ4v) is 2.38. The summed E-state index contributed by atoms with van der Waals surface area (Å²) in [7, 11) is 0. The van der Waals surface area contributed by atoms with Crippen LogP contribution in [-0.2, 0) is 0 Å². The van der Waals surface area contributed by atoms with Crippen LogP contribution >= 0.6 is 11.6 Å². The number of aliphatic hydroxyl groups is 1. The van der Waals surface area contributed by atoms with Gasteiger partial charge in [0, 0.05) is 0 Å². The molecule has 0 saturated heterocycles. The molecule has 1 amide bonds. The lowest BCUT2D eigenvalue weighted by atomic mass is 10.0. The van der Waals surface area contributed by atoms with Crippen LogP contribution in [0.5, 0.6) is 0 Å². The molecule has 22 heavy (non-hydrogen) atoms. The zero-order chi connectivity index (χ0) is 16.1. The van der Waals surface area contributed by atoms with Gasteiger partial charge < -0.3 is 10.4 Å². The molecule has 0 aliphatic rings. The molecule has 1 aromatic heterocycles. The molecule has 1 unspecified atom stereocenters. The van der Waals surface area contributed by atoms with Crippen LogP contribution in [0.4, 0.5) is 0 Å². The summed E-state index contributed by atoms with van der Waals surface area (Å²) in [4.78, 5) is 12.3. The molecule has 0 saturated carbocycles. The molecule has 2 N–H and O–H groups in total. The van der Waals surface area contributed by atoms with Gasteiger partial charge >= 0.3 is 0 Å². The third kappa shape index (κ3) is 4.02. The highest BCUT2D eigenvalue weighted by molar-refractivity contribution is 6.34. The van der Waals surface area contributed by atoms with E-state index in [2.05, 4.69) is 20.8 Å². The van der Waals surface area contributed by atoms with E-state index in [1.54, 1.807) is 18.2 Å². The third-order valence-corrected chi connectivity index (χ3v) is 3.44. The number of nitrogens with one attached hydrogen (secondary N) is 1. The van der Waals surface area contributed by atoms with Crippen molar-refractivity contribution in [2.45, 2.75) is 26.3 Å². The highest BCUT2D eigenvalue weighted by Crippen LogP contribution is 2.20. The predicted molar refractivity (Wildman–Crippen MR) is 82.0 cm³/mol. The Morgan fingerprint density at radius 3 is 2.77 bits per heavy atom. The van der Waals surface area contributed by atoms with Crippen molar-refractivity contribution in [3.8, 4) is 5.69 Å². The Morgan fingerprint density at radius 2 is 2.23 bits per heavy atom. The van der Waals surface area contributed by atoms with Gasteiger partial charge in [-0.3, -0.25) is 4.79 Å². The Labute approximate surface area is 133 Å². The molecule has 0 spiro atoms. The quantitative estimate of drug-likeness (QED) is 0.839. The number of benzene rings is 1. The lowest BCUT2D eigenvalue weighted by molar-refractivity contribution is 0.0908. The molecule has 0 aliphatic carbocycles. The maximum Gasteiger partial charge on any atom is 0.253 e. The Balaban J connectivity index is 2.13. The topological polar surface area (TPSA) is 92.9 Å². The molecule has 118 valence electrons. The summed E-state index contributed by atoms with van der Waals surface area (Å²) in [5.74, 6) is 0.0584. The molecule has 2 rings (SSSR count). The summed E-state index contributed by atoms with van der Waals surface area (Å²) in [5.41, 5.74) is 1.01. The minimum absolute atomic E-state index is 0.107. The number of aliphatic hydroxyl groups excluding tert-OH is 1. The van der Waals surface area contributed by atoms with Gasteiger partial charge in [0.15, 0.2) is 0 Å². The van der Waals surface area contributed by atoms with Gasteiger partial charge in [-0.25, -0.2) is 4.68 Å². The Kier molecular flexibility index (Phi) is 5.46. The Bertz CT molecular complexity index is 630. The Hall–Kier alpha value is -1.99. The molecule has 0 fully saturated rings. The first-order valence-corrected chi connectivity index (χ1v) is 7.33. The van der Waals surface area contributed by atoms with Crippen molar-refractivity contribution in [2.75, 3.05) is 6.61 Å². The van der Waals surface area contributed by atoms with E-state index in [9.17, 15) is 9.90 Å². The molecule has 8 heteroatoms. The minimum atomic E-state index is -0.312. The van der Waals surface area contributed by atoms with E-state index >= 15 is 0 Å². The minimum Gasteiger partial charge on any atom is -0.394 e. The first kappa shape index (κ1) is 16.4. The molecular weight excluding hydrogens is 306 g/mol. The van der Waals surface area contributed by atoms with Crippen LogP contribution in [-0.4, -0.2) is 43.9 Å². The van der Waals surface area contributed by atoms with Gasteiger partial charge in [0.05, 0.1) is 28.9 Å². The smallest absolute Gasteiger partial charge is 0.253 e. The first-order valence-electron chi connectivity index (χ1n) is 6.96. The van der Waals surface area contributed by atoms with Gasteiger partial charge in [-0.15, -0.1) is 5.10 Å². The molecule has 1 atom stereocenters. The monoisotopic (exact) mass is 323 g/mol. The van der Waals surface area contributed by atoms with Crippen LogP contribution < -0.4 is 5.32 Å². The number of hydrogen-bond donors (Lipinski definition) is 2. The number of carbonyl (C=O) groups is 1. The van der Waals surface area contributed by atoms with Crippen LogP contribution in [0.3, 0.4) is 0 Å². The largest absolute Gasteiger partial charge is 0.394 e. The molecule has 0 aliphatic heterocycles. The number of aromatic nitrogens is 4. The first-order chi connectivity index (χ1) is 10.5. The molecule has 1 aromatic carbocycles. The molecule has 2 aromatic rings. The van der Waals surface area contributed by atoms with Gasteiger partial charge in [0.2, 0.25) is 0 Å². The van der Waals surface area contributed by atoms with E-state index in [-0.39, 0.29) is 18.6 Å². The summed E-state index contributed by atoms with van der Waals surface area (Å²) in [5, 5.41) is 23.3. The average Bonchev–Trinajstić information content (AvgIpc) is 2.99. The van der Waals surface area contributed by atoms with Crippen molar-refractivity contribution >= 4 is 17.5 Å². The van der Waals surface area contributed by atoms with Crippen molar-refractivity contribution in [2.24, 2.45) is 5.92 Å². The fourth-order valence-electron chi connectivity index (χ4n) is 2.12. The number of amides is 1. The third-order valence-electron chi connectivity index (χ3n) is 3.12.